The minimum atomic E-state index is 0.0729. The van der Waals surface area contributed by atoms with E-state index in [0.29, 0.717) is 17.8 Å². The van der Waals surface area contributed by atoms with Gasteiger partial charge in [0.1, 0.15) is 0 Å². The number of nitrogens with zero attached hydrogens (tertiary/aromatic N) is 1. The molecule has 0 saturated carbocycles. The Morgan fingerprint density at radius 1 is 1.41 bits per heavy atom. The van der Waals surface area contributed by atoms with Gasteiger partial charge in [-0.25, -0.2) is 0 Å². The highest BCUT2D eigenvalue weighted by Crippen LogP contribution is 2.30. The molecule has 92 valence electrons. The summed E-state index contributed by atoms with van der Waals surface area (Å²) in [5, 5.41) is 3.40. The van der Waals surface area contributed by atoms with Gasteiger partial charge in [0.2, 0.25) is 0 Å². The number of furan rings is 1. The summed E-state index contributed by atoms with van der Waals surface area (Å²) in [5.74, 6) is 0.590. The molecular formula is C13H18N2O2. The number of fused-ring (bicyclic) bond motifs is 2. The largest absolute Gasteiger partial charge is 0.459 e. The van der Waals surface area contributed by atoms with Gasteiger partial charge in [0.25, 0.3) is 5.91 Å². The Hall–Kier alpha value is -1.29. The molecule has 0 radical (unpaired) electrons. The summed E-state index contributed by atoms with van der Waals surface area (Å²) < 4.78 is 5.33. The number of rotatable bonds is 1. The summed E-state index contributed by atoms with van der Waals surface area (Å²) in [4.78, 5) is 14.5. The minimum absolute atomic E-state index is 0.0729. The van der Waals surface area contributed by atoms with Gasteiger partial charge in [0.05, 0.1) is 6.26 Å². The summed E-state index contributed by atoms with van der Waals surface area (Å²) in [6, 6.07) is 2.59. The summed E-state index contributed by atoms with van der Waals surface area (Å²) in [6.45, 7) is 3.86. The van der Waals surface area contributed by atoms with E-state index in [1.165, 1.54) is 0 Å². The Kier molecular flexibility index (Phi) is 2.67. The molecule has 2 aliphatic heterocycles. The molecule has 2 saturated heterocycles. The van der Waals surface area contributed by atoms with Crippen molar-refractivity contribution in [1.29, 1.82) is 0 Å². The molecular weight excluding hydrogens is 216 g/mol. The van der Waals surface area contributed by atoms with Crippen LogP contribution in [0.5, 0.6) is 0 Å². The Morgan fingerprint density at radius 3 is 3.00 bits per heavy atom. The second kappa shape index (κ2) is 4.18. The average molecular weight is 234 g/mol. The SMILES string of the molecule is Cc1ccoc1C(=O)N1[C@H]2CCNC[C@@H]1CC2. The first-order valence-corrected chi connectivity index (χ1v) is 6.35. The van der Waals surface area contributed by atoms with Crippen LogP contribution >= 0.6 is 0 Å². The van der Waals surface area contributed by atoms with Gasteiger partial charge in [-0.15, -0.1) is 0 Å². The van der Waals surface area contributed by atoms with E-state index in [1.54, 1.807) is 6.26 Å². The van der Waals surface area contributed by atoms with Crippen LogP contribution in [-0.2, 0) is 0 Å². The van der Waals surface area contributed by atoms with Crippen LogP contribution < -0.4 is 5.32 Å². The second-order valence-electron chi connectivity index (χ2n) is 5.02. The lowest BCUT2D eigenvalue weighted by Gasteiger charge is -2.27. The van der Waals surface area contributed by atoms with Crippen molar-refractivity contribution in [2.45, 2.75) is 38.3 Å². The zero-order valence-electron chi connectivity index (χ0n) is 10.1. The van der Waals surface area contributed by atoms with E-state index < -0.39 is 0 Å². The molecule has 2 aliphatic rings. The first-order chi connectivity index (χ1) is 8.27. The van der Waals surface area contributed by atoms with E-state index in [0.717, 1.165) is 37.9 Å². The fraction of sp³-hybridized carbons (Fsp3) is 0.615. The molecule has 3 heterocycles. The maximum atomic E-state index is 12.5. The highest BCUT2D eigenvalue weighted by Gasteiger charge is 2.39. The van der Waals surface area contributed by atoms with Gasteiger partial charge >= 0.3 is 0 Å². The standard InChI is InChI=1S/C13H18N2O2/c1-9-5-7-17-12(9)13(16)15-10-2-3-11(15)8-14-6-4-10/h5,7,10-11,14H,2-4,6,8H2,1H3/t10-,11+/m1/s1. The highest BCUT2D eigenvalue weighted by molar-refractivity contribution is 5.93. The summed E-state index contributed by atoms with van der Waals surface area (Å²) in [6.07, 6.45) is 4.91. The number of amides is 1. The zero-order valence-corrected chi connectivity index (χ0v) is 10.1. The normalized spacial score (nSPS) is 28.2. The van der Waals surface area contributed by atoms with E-state index >= 15 is 0 Å². The Balaban J connectivity index is 1.88. The maximum absolute atomic E-state index is 12.5. The average Bonchev–Trinajstić information content (AvgIpc) is 2.81. The molecule has 0 spiro atoms. The Labute approximate surface area is 101 Å². The van der Waals surface area contributed by atoms with Gasteiger partial charge in [-0.05, 0) is 38.8 Å². The zero-order chi connectivity index (χ0) is 11.8. The van der Waals surface area contributed by atoms with Crippen LogP contribution in [0.1, 0.15) is 35.4 Å². The van der Waals surface area contributed by atoms with Crippen LogP contribution in [0.15, 0.2) is 16.7 Å². The number of hydrogen-bond acceptors (Lipinski definition) is 3. The number of nitrogens with one attached hydrogen (secondary N) is 1. The molecule has 4 nitrogen and oxygen atoms in total. The lowest BCUT2D eigenvalue weighted by atomic mass is 10.1. The molecule has 1 aromatic rings. The second-order valence-corrected chi connectivity index (χ2v) is 5.02. The highest BCUT2D eigenvalue weighted by atomic mass is 16.3. The molecule has 17 heavy (non-hydrogen) atoms. The van der Waals surface area contributed by atoms with Crippen LogP contribution in [0, 0.1) is 6.92 Å². The van der Waals surface area contributed by atoms with Crippen molar-refractivity contribution in [3.05, 3.63) is 23.7 Å². The van der Waals surface area contributed by atoms with Crippen LogP contribution in [-0.4, -0.2) is 36.0 Å². The molecule has 4 heteroatoms. The van der Waals surface area contributed by atoms with Gasteiger partial charge in [0, 0.05) is 24.2 Å². The molecule has 2 fully saturated rings. The minimum Gasteiger partial charge on any atom is -0.459 e. The third-order valence-corrected chi connectivity index (χ3v) is 3.95. The van der Waals surface area contributed by atoms with Crippen molar-refractivity contribution in [2.24, 2.45) is 0 Å². The van der Waals surface area contributed by atoms with E-state index in [-0.39, 0.29) is 5.91 Å². The Bertz CT molecular complexity index is 413. The molecule has 3 rings (SSSR count). The van der Waals surface area contributed by atoms with Gasteiger partial charge in [-0.2, -0.15) is 0 Å². The fourth-order valence-corrected chi connectivity index (χ4v) is 3.02. The predicted octanol–water partition coefficient (Wildman–Crippen LogP) is 1.55. The van der Waals surface area contributed by atoms with E-state index in [1.807, 2.05) is 17.9 Å². The van der Waals surface area contributed by atoms with Crippen molar-refractivity contribution in [3.63, 3.8) is 0 Å². The lowest BCUT2D eigenvalue weighted by molar-refractivity contribution is 0.0646. The van der Waals surface area contributed by atoms with Crippen LogP contribution in [0.2, 0.25) is 0 Å². The van der Waals surface area contributed by atoms with Gasteiger partial charge in [-0.3, -0.25) is 4.79 Å². The van der Waals surface area contributed by atoms with Crippen LogP contribution in [0.4, 0.5) is 0 Å². The summed E-state index contributed by atoms with van der Waals surface area (Å²) in [7, 11) is 0. The van der Waals surface area contributed by atoms with Gasteiger partial charge < -0.3 is 14.6 Å². The smallest absolute Gasteiger partial charge is 0.290 e. The quantitative estimate of drug-likeness (QED) is 0.802. The number of carbonyl (C=O) groups excluding carboxylic acids is 1. The molecule has 0 unspecified atom stereocenters. The van der Waals surface area contributed by atoms with Crippen molar-refractivity contribution >= 4 is 5.91 Å². The predicted molar refractivity (Wildman–Crippen MR) is 63.9 cm³/mol. The molecule has 0 aliphatic carbocycles. The van der Waals surface area contributed by atoms with Crippen molar-refractivity contribution in [1.82, 2.24) is 10.2 Å². The van der Waals surface area contributed by atoms with E-state index in [4.69, 9.17) is 4.42 Å². The molecule has 1 amide bonds. The lowest BCUT2D eigenvalue weighted by Crippen LogP contribution is -2.42. The molecule has 2 bridgehead atoms. The van der Waals surface area contributed by atoms with Crippen molar-refractivity contribution < 1.29 is 9.21 Å². The summed E-state index contributed by atoms with van der Waals surface area (Å²) in [5.41, 5.74) is 0.937. The number of hydrogen-bond donors (Lipinski definition) is 1. The Morgan fingerprint density at radius 2 is 2.24 bits per heavy atom. The van der Waals surface area contributed by atoms with E-state index in [9.17, 15) is 4.79 Å². The monoisotopic (exact) mass is 234 g/mol. The van der Waals surface area contributed by atoms with Crippen molar-refractivity contribution in [2.75, 3.05) is 13.1 Å². The number of carbonyl (C=O) groups is 1. The van der Waals surface area contributed by atoms with E-state index in [2.05, 4.69) is 5.32 Å². The molecule has 0 aromatic carbocycles. The fourth-order valence-electron chi connectivity index (χ4n) is 3.02. The summed E-state index contributed by atoms with van der Waals surface area (Å²) >= 11 is 0. The van der Waals surface area contributed by atoms with Gasteiger partial charge in [-0.1, -0.05) is 0 Å². The third kappa shape index (κ3) is 1.76. The maximum Gasteiger partial charge on any atom is 0.290 e. The topological polar surface area (TPSA) is 45.5 Å². The molecule has 1 aromatic heterocycles. The van der Waals surface area contributed by atoms with Crippen LogP contribution in [0.3, 0.4) is 0 Å². The first-order valence-electron chi connectivity index (χ1n) is 6.35. The molecule has 1 N–H and O–H groups in total. The van der Waals surface area contributed by atoms with Crippen molar-refractivity contribution in [3.8, 4) is 0 Å². The van der Waals surface area contributed by atoms with Gasteiger partial charge in [0.15, 0.2) is 5.76 Å². The first kappa shape index (κ1) is 10.8. The number of aryl methyl sites for hydroxylation is 1. The van der Waals surface area contributed by atoms with Crippen LogP contribution in [0.25, 0.3) is 0 Å². The third-order valence-electron chi connectivity index (χ3n) is 3.95. The molecule has 2 atom stereocenters.